The van der Waals surface area contributed by atoms with Gasteiger partial charge in [-0.05, 0) is 30.2 Å². The largest absolute Gasteiger partial charge is 0.493 e. The van der Waals surface area contributed by atoms with Crippen molar-refractivity contribution in [2.75, 3.05) is 20.8 Å². The summed E-state index contributed by atoms with van der Waals surface area (Å²) in [6.07, 6.45) is 9.94. The molecule has 0 fully saturated rings. The van der Waals surface area contributed by atoms with Crippen LogP contribution in [-0.4, -0.2) is 26.1 Å². The average Bonchev–Trinajstić information content (AvgIpc) is 2.59. The van der Waals surface area contributed by atoms with Gasteiger partial charge in [0.15, 0.2) is 11.5 Å². The fourth-order valence-electron chi connectivity index (χ4n) is 2.55. The van der Waals surface area contributed by atoms with E-state index in [1.54, 1.807) is 12.1 Å². The fraction of sp³-hybridized carbons (Fsp3) is 0.632. The first-order valence-electron chi connectivity index (χ1n) is 8.72. The zero-order valence-electron chi connectivity index (χ0n) is 15.0. The molecule has 0 aromatic heterocycles. The van der Waals surface area contributed by atoms with Gasteiger partial charge in [0.1, 0.15) is 0 Å². The van der Waals surface area contributed by atoms with Gasteiger partial charge in [0.25, 0.3) is 5.24 Å². The third kappa shape index (κ3) is 7.00. The quantitative estimate of drug-likeness (QED) is 0.340. The van der Waals surface area contributed by atoms with Crippen molar-refractivity contribution in [1.82, 2.24) is 0 Å². The van der Waals surface area contributed by atoms with E-state index in [9.17, 15) is 4.79 Å². The SMILES string of the molecule is CCCCCCCCCCOc1c(OC)cc(C(=O)Cl)cc1OC. The van der Waals surface area contributed by atoms with Gasteiger partial charge in [-0.15, -0.1) is 0 Å². The second-order valence-electron chi connectivity index (χ2n) is 5.81. The Bertz CT molecular complexity index is 477. The zero-order valence-corrected chi connectivity index (χ0v) is 15.8. The molecule has 0 radical (unpaired) electrons. The van der Waals surface area contributed by atoms with E-state index < -0.39 is 5.24 Å². The van der Waals surface area contributed by atoms with E-state index in [0.717, 1.165) is 12.8 Å². The number of unbranched alkanes of at least 4 members (excludes halogenated alkanes) is 7. The Balaban J connectivity index is 2.45. The number of benzene rings is 1. The van der Waals surface area contributed by atoms with E-state index in [0.29, 0.717) is 29.4 Å². The Morgan fingerprint density at radius 2 is 1.42 bits per heavy atom. The van der Waals surface area contributed by atoms with Crippen LogP contribution in [0.15, 0.2) is 12.1 Å². The third-order valence-corrected chi connectivity index (χ3v) is 4.15. The van der Waals surface area contributed by atoms with Crippen molar-refractivity contribution in [2.45, 2.75) is 58.3 Å². The van der Waals surface area contributed by atoms with Gasteiger partial charge in [0.2, 0.25) is 5.75 Å². The molecule has 136 valence electrons. The summed E-state index contributed by atoms with van der Waals surface area (Å²) in [5, 5.41) is -0.554. The molecule has 1 rings (SSSR count). The summed E-state index contributed by atoms with van der Waals surface area (Å²) in [4.78, 5) is 11.3. The van der Waals surface area contributed by atoms with Crippen molar-refractivity contribution in [3.05, 3.63) is 17.7 Å². The molecule has 0 aliphatic rings. The number of carbonyl (C=O) groups is 1. The van der Waals surface area contributed by atoms with E-state index in [-0.39, 0.29) is 0 Å². The molecule has 0 saturated heterocycles. The molecule has 0 aliphatic carbocycles. The zero-order chi connectivity index (χ0) is 17.8. The van der Waals surface area contributed by atoms with Crippen LogP contribution in [0.2, 0.25) is 0 Å². The minimum absolute atomic E-state index is 0.324. The molecule has 1 aromatic carbocycles. The van der Waals surface area contributed by atoms with Crippen molar-refractivity contribution in [3.8, 4) is 17.2 Å². The fourth-order valence-corrected chi connectivity index (χ4v) is 2.65. The Morgan fingerprint density at radius 3 is 1.88 bits per heavy atom. The molecule has 0 unspecified atom stereocenters. The van der Waals surface area contributed by atoms with Crippen LogP contribution >= 0.6 is 11.6 Å². The predicted octanol–water partition coefficient (Wildman–Crippen LogP) is 5.60. The number of hydrogen-bond donors (Lipinski definition) is 0. The van der Waals surface area contributed by atoms with Gasteiger partial charge < -0.3 is 14.2 Å². The summed E-state index contributed by atoms with van der Waals surface area (Å²) in [5.74, 6) is 1.43. The van der Waals surface area contributed by atoms with Crippen LogP contribution in [0.4, 0.5) is 0 Å². The standard InChI is InChI=1S/C19H29ClO4/c1-4-5-6-7-8-9-10-11-12-24-18-16(22-2)13-15(19(20)21)14-17(18)23-3/h13-14H,4-12H2,1-3H3. The van der Waals surface area contributed by atoms with Crippen LogP contribution in [0.3, 0.4) is 0 Å². The molecular formula is C19H29ClO4. The summed E-state index contributed by atoms with van der Waals surface area (Å²) in [7, 11) is 3.06. The summed E-state index contributed by atoms with van der Waals surface area (Å²) in [5.41, 5.74) is 0.324. The topological polar surface area (TPSA) is 44.8 Å². The first-order valence-corrected chi connectivity index (χ1v) is 9.10. The molecule has 0 N–H and O–H groups in total. The van der Waals surface area contributed by atoms with Crippen LogP contribution in [0.5, 0.6) is 17.2 Å². The summed E-state index contributed by atoms with van der Waals surface area (Å²) in [6, 6.07) is 3.14. The molecule has 5 heteroatoms. The van der Waals surface area contributed by atoms with E-state index in [4.69, 9.17) is 25.8 Å². The van der Waals surface area contributed by atoms with Gasteiger partial charge in [-0.1, -0.05) is 51.9 Å². The second kappa shape index (κ2) is 12.0. The molecule has 0 spiro atoms. The summed E-state index contributed by atoms with van der Waals surface area (Å²) < 4.78 is 16.4. The van der Waals surface area contributed by atoms with E-state index in [1.165, 1.54) is 52.7 Å². The van der Waals surface area contributed by atoms with Crippen LogP contribution in [0.1, 0.15) is 68.6 Å². The summed E-state index contributed by atoms with van der Waals surface area (Å²) >= 11 is 5.53. The lowest BCUT2D eigenvalue weighted by molar-refractivity contribution is 0.108. The lowest BCUT2D eigenvalue weighted by Gasteiger charge is -2.15. The van der Waals surface area contributed by atoms with Crippen molar-refractivity contribution in [2.24, 2.45) is 0 Å². The normalized spacial score (nSPS) is 10.5. The molecule has 0 amide bonds. The van der Waals surface area contributed by atoms with Gasteiger partial charge in [0, 0.05) is 5.56 Å². The highest BCUT2D eigenvalue weighted by Gasteiger charge is 2.16. The minimum Gasteiger partial charge on any atom is -0.493 e. The first kappa shape index (κ1) is 20.6. The number of rotatable bonds is 13. The van der Waals surface area contributed by atoms with Gasteiger partial charge >= 0.3 is 0 Å². The van der Waals surface area contributed by atoms with Gasteiger partial charge in [-0.25, -0.2) is 0 Å². The van der Waals surface area contributed by atoms with Crippen molar-refractivity contribution >= 4 is 16.8 Å². The smallest absolute Gasteiger partial charge is 0.252 e. The highest BCUT2D eigenvalue weighted by atomic mass is 35.5. The van der Waals surface area contributed by atoms with Gasteiger partial charge in [-0.2, -0.15) is 0 Å². The van der Waals surface area contributed by atoms with E-state index >= 15 is 0 Å². The maximum atomic E-state index is 11.3. The third-order valence-electron chi connectivity index (χ3n) is 3.93. The molecule has 0 atom stereocenters. The molecule has 4 nitrogen and oxygen atoms in total. The Labute approximate surface area is 150 Å². The van der Waals surface area contributed by atoms with Crippen LogP contribution in [0.25, 0.3) is 0 Å². The van der Waals surface area contributed by atoms with E-state index in [1.807, 2.05) is 0 Å². The van der Waals surface area contributed by atoms with Crippen LogP contribution in [0, 0.1) is 0 Å². The number of carbonyl (C=O) groups excluding carboxylic acids is 1. The lowest BCUT2D eigenvalue weighted by atomic mass is 10.1. The predicted molar refractivity (Wildman–Crippen MR) is 97.8 cm³/mol. The average molecular weight is 357 g/mol. The Kier molecular flexibility index (Phi) is 10.3. The minimum atomic E-state index is -0.554. The molecule has 0 heterocycles. The van der Waals surface area contributed by atoms with Gasteiger partial charge in [0.05, 0.1) is 20.8 Å². The molecular weight excluding hydrogens is 328 g/mol. The molecule has 0 aliphatic heterocycles. The van der Waals surface area contributed by atoms with Gasteiger partial charge in [-0.3, -0.25) is 4.79 Å². The highest BCUT2D eigenvalue weighted by Crippen LogP contribution is 2.39. The van der Waals surface area contributed by atoms with Crippen molar-refractivity contribution in [3.63, 3.8) is 0 Å². The number of methoxy groups -OCH3 is 2. The summed E-state index contributed by atoms with van der Waals surface area (Å²) in [6.45, 7) is 2.82. The maximum absolute atomic E-state index is 11.3. The van der Waals surface area contributed by atoms with Crippen LogP contribution < -0.4 is 14.2 Å². The monoisotopic (exact) mass is 356 g/mol. The number of hydrogen-bond acceptors (Lipinski definition) is 4. The van der Waals surface area contributed by atoms with Crippen molar-refractivity contribution < 1.29 is 19.0 Å². The maximum Gasteiger partial charge on any atom is 0.252 e. The highest BCUT2D eigenvalue weighted by molar-refractivity contribution is 6.67. The second-order valence-corrected chi connectivity index (χ2v) is 6.15. The van der Waals surface area contributed by atoms with Crippen LogP contribution in [-0.2, 0) is 0 Å². The van der Waals surface area contributed by atoms with E-state index in [2.05, 4.69) is 6.92 Å². The molecule has 1 aromatic rings. The molecule has 24 heavy (non-hydrogen) atoms. The number of halogens is 1. The molecule has 0 bridgehead atoms. The number of ether oxygens (including phenoxy) is 3. The first-order chi connectivity index (χ1) is 11.6. The Morgan fingerprint density at radius 1 is 0.917 bits per heavy atom. The lowest BCUT2D eigenvalue weighted by Crippen LogP contribution is -2.03. The molecule has 0 saturated carbocycles. The van der Waals surface area contributed by atoms with Crippen molar-refractivity contribution in [1.29, 1.82) is 0 Å². The Hall–Kier alpha value is -1.42.